The van der Waals surface area contributed by atoms with Gasteiger partial charge in [-0.15, -0.1) is 0 Å². The number of hydrogen-bond acceptors (Lipinski definition) is 1. The molecule has 0 saturated carbocycles. The van der Waals surface area contributed by atoms with Gasteiger partial charge in [0.15, 0.2) is 11.6 Å². The molecule has 1 N–H and O–H groups in total. The zero-order chi connectivity index (χ0) is 15.6. The van der Waals surface area contributed by atoms with Gasteiger partial charge in [0.05, 0.1) is 16.1 Å². The monoisotopic (exact) mass is 333 g/mol. The number of rotatable bonds is 4. The molecule has 6 heteroatoms. The molecule has 0 fully saturated rings. The molecule has 112 valence electrons. The molecule has 1 unspecified atom stereocenters. The molecule has 2 aromatic carbocycles. The van der Waals surface area contributed by atoms with Gasteiger partial charge in [0.25, 0.3) is 0 Å². The van der Waals surface area contributed by atoms with Crippen LogP contribution in [0.2, 0.25) is 10.0 Å². The van der Waals surface area contributed by atoms with Gasteiger partial charge in [0, 0.05) is 11.6 Å². The summed E-state index contributed by atoms with van der Waals surface area (Å²) in [5.41, 5.74) is 0.468. The van der Waals surface area contributed by atoms with E-state index in [-0.39, 0.29) is 10.6 Å². The van der Waals surface area contributed by atoms with Crippen LogP contribution >= 0.6 is 23.2 Å². The molecule has 0 aliphatic rings. The van der Waals surface area contributed by atoms with Crippen LogP contribution in [0.3, 0.4) is 0 Å². The Morgan fingerprint density at radius 2 is 1.67 bits per heavy atom. The molecule has 0 aromatic heterocycles. The van der Waals surface area contributed by atoms with E-state index in [4.69, 9.17) is 23.2 Å². The zero-order valence-electron chi connectivity index (χ0n) is 11.1. The van der Waals surface area contributed by atoms with Crippen LogP contribution in [0.25, 0.3) is 0 Å². The maximum absolute atomic E-state index is 14.0. The molecule has 0 aliphatic carbocycles. The minimum atomic E-state index is -1.23. The van der Waals surface area contributed by atoms with E-state index < -0.39 is 23.5 Å². The average molecular weight is 334 g/mol. The summed E-state index contributed by atoms with van der Waals surface area (Å²) in [6, 6.07) is 5.53. The first kappa shape index (κ1) is 16.1. The van der Waals surface area contributed by atoms with Gasteiger partial charge in [0.1, 0.15) is 5.82 Å². The van der Waals surface area contributed by atoms with Gasteiger partial charge in [-0.3, -0.25) is 0 Å². The Hall–Kier alpha value is -1.23. The Morgan fingerprint density at radius 1 is 1.00 bits per heavy atom. The quantitative estimate of drug-likeness (QED) is 0.766. The predicted molar refractivity (Wildman–Crippen MR) is 78.3 cm³/mol. The lowest BCUT2D eigenvalue weighted by Gasteiger charge is -2.21. The van der Waals surface area contributed by atoms with E-state index in [1.807, 2.05) is 6.92 Å². The third-order valence-corrected chi connectivity index (χ3v) is 3.88. The maximum atomic E-state index is 14.0. The lowest BCUT2D eigenvalue weighted by molar-refractivity contribution is 0.481. The van der Waals surface area contributed by atoms with Crippen LogP contribution in [0.5, 0.6) is 0 Å². The molecule has 0 heterocycles. The SMILES string of the molecule is CCNC(c1cc(F)c(F)cc1F)c1cccc(Cl)c1Cl. The number of halogens is 5. The largest absolute Gasteiger partial charge is 0.306 e. The standard InChI is InChI=1S/C15H12Cl2F3N/c1-2-21-15(8-4-3-5-10(16)14(8)17)9-6-12(19)13(20)7-11(9)18/h3-7,15,21H,2H2,1H3. The third kappa shape index (κ3) is 3.34. The van der Waals surface area contributed by atoms with E-state index in [0.717, 1.165) is 6.07 Å². The molecular weight excluding hydrogens is 322 g/mol. The van der Waals surface area contributed by atoms with Crippen LogP contribution in [0, 0.1) is 17.5 Å². The fourth-order valence-corrected chi connectivity index (χ4v) is 2.51. The lowest BCUT2D eigenvalue weighted by Crippen LogP contribution is -2.23. The van der Waals surface area contributed by atoms with Crippen molar-refractivity contribution in [3.63, 3.8) is 0 Å². The second kappa shape index (κ2) is 6.69. The van der Waals surface area contributed by atoms with Crippen molar-refractivity contribution in [3.8, 4) is 0 Å². The molecule has 0 radical (unpaired) electrons. The van der Waals surface area contributed by atoms with Gasteiger partial charge < -0.3 is 5.32 Å². The van der Waals surface area contributed by atoms with Crippen molar-refractivity contribution in [1.82, 2.24) is 5.32 Å². The highest BCUT2D eigenvalue weighted by molar-refractivity contribution is 6.42. The molecule has 1 atom stereocenters. The fraction of sp³-hybridized carbons (Fsp3) is 0.200. The van der Waals surface area contributed by atoms with Crippen molar-refractivity contribution >= 4 is 23.2 Å². The summed E-state index contributed by atoms with van der Waals surface area (Å²) in [7, 11) is 0. The second-order valence-corrected chi connectivity index (χ2v) is 5.21. The van der Waals surface area contributed by atoms with Crippen LogP contribution in [-0.4, -0.2) is 6.54 Å². The smallest absolute Gasteiger partial charge is 0.161 e. The van der Waals surface area contributed by atoms with E-state index in [9.17, 15) is 13.2 Å². The third-order valence-electron chi connectivity index (χ3n) is 3.05. The van der Waals surface area contributed by atoms with Crippen molar-refractivity contribution in [1.29, 1.82) is 0 Å². The Morgan fingerprint density at radius 3 is 2.33 bits per heavy atom. The van der Waals surface area contributed by atoms with Crippen molar-refractivity contribution in [2.24, 2.45) is 0 Å². The number of benzene rings is 2. The van der Waals surface area contributed by atoms with E-state index in [0.29, 0.717) is 23.2 Å². The summed E-state index contributed by atoms with van der Waals surface area (Å²) >= 11 is 12.1. The van der Waals surface area contributed by atoms with Crippen LogP contribution < -0.4 is 5.32 Å². The summed E-state index contributed by atoms with van der Waals surface area (Å²) in [6.45, 7) is 2.29. The van der Waals surface area contributed by atoms with Gasteiger partial charge >= 0.3 is 0 Å². The zero-order valence-corrected chi connectivity index (χ0v) is 12.6. The maximum Gasteiger partial charge on any atom is 0.161 e. The van der Waals surface area contributed by atoms with E-state index in [1.54, 1.807) is 18.2 Å². The van der Waals surface area contributed by atoms with Crippen LogP contribution in [0.15, 0.2) is 30.3 Å². The van der Waals surface area contributed by atoms with Gasteiger partial charge in [-0.05, 0) is 24.2 Å². The average Bonchev–Trinajstić information content (AvgIpc) is 2.44. The highest BCUT2D eigenvalue weighted by atomic mass is 35.5. The highest BCUT2D eigenvalue weighted by Crippen LogP contribution is 2.34. The first-order chi connectivity index (χ1) is 9.95. The van der Waals surface area contributed by atoms with E-state index >= 15 is 0 Å². The van der Waals surface area contributed by atoms with Crippen molar-refractivity contribution < 1.29 is 13.2 Å². The Bertz CT molecular complexity index is 662. The van der Waals surface area contributed by atoms with E-state index in [1.165, 1.54) is 0 Å². The lowest BCUT2D eigenvalue weighted by atomic mass is 9.97. The molecule has 1 nitrogen and oxygen atoms in total. The van der Waals surface area contributed by atoms with E-state index in [2.05, 4.69) is 5.32 Å². The molecule has 21 heavy (non-hydrogen) atoms. The summed E-state index contributed by atoms with van der Waals surface area (Å²) in [4.78, 5) is 0. The summed E-state index contributed by atoms with van der Waals surface area (Å²) in [5.74, 6) is -3.20. The summed E-state index contributed by atoms with van der Waals surface area (Å²) in [6.07, 6.45) is 0. The van der Waals surface area contributed by atoms with Crippen molar-refractivity contribution in [3.05, 3.63) is 69.0 Å². The molecule has 0 aliphatic heterocycles. The molecule has 0 bridgehead atoms. The first-order valence-corrected chi connectivity index (χ1v) is 7.03. The normalized spacial score (nSPS) is 12.5. The second-order valence-electron chi connectivity index (χ2n) is 4.42. The molecule has 0 amide bonds. The molecule has 2 aromatic rings. The first-order valence-electron chi connectivity index (χ1n) is 6.27. The Kier molecular flexibility index (Phi) is 5.14. The highest BCUT2D eigenvalue weighted by Gasteiger charge is 2.22. The Labute approximate surface area is 130 Å². The predicted octanol–water partition coefficient (Wildman–Crippen LogP) is 5.11. The van der Waals surface area contributed by atoms with Gasteiger partial charge in [-0.1, -0.05) is 42.3 Å². The summed E-state index contributed by atoms with van der Waals surface area (Å²) < 4.78 is 40.5. The van der Waals surface area contributed by atoms with Crippen LogP contribution in [0.1, 0.15) is 24.1 Å². The summed E-state index contributed by atoms with van der Waals surface area (Å²) in [5, 5.41) is 3.55. The van der Waals surface area contributed by atoms with Crippen LogP contribution in [-0.2, 0) is 0 Å². The molecule has 0 saturated heterocycles. The number of hydrogen-bond donors (Lipinski definition) is 1. The molecular formula is C15H12Cl2F3N. The molecule has 0 spiro atoms. The van der Waals surface area contributed by atoms with Gasteiger partial charge in [-0.2, -0.15) is 0 Å². The Balaban J connectivity index is 2.59. The van der Waals surface area contributed by atoms with Crippen LogP contribution in [0.4, 0.5) is 13.2 Å². The fourth-order valence-electron chi connectivity index (χ4n) is 2.09. The number of nitrogens with one attached hydrogen (secondary N) is 1. The van der Waals surface area contributed by atoms with Gasteiger partial charge in [0.2, 0.25) is 0 Å². The minimum absolute atomic E-state index is 0.0279. The van der Waals surface area contributed by atoms with Crippen molar-refractivity contribution in [2.45, 2.75) is 13.0 Å². The van der Waals surface area contributed by atoms with Gasteiger partial charge in [-0.25, -0.2) is 13.2 Å². The van der Waals surface area contributed by atoms with Crippen molar-refractivity contribution in [2.75, 3.05) is 6.54 Å². The molecule has 2 rings (SSSR count). The minimum Gasteiger partial charge on any atom is -0.306 e. The topological polar surface area (TPSA) is 12.0 Å².